The van der Waals surface area contributed by atoms with E-state index in [0.717, 1.165) is 50.9 Å². The van der Waals surface area contributed by atoms with E-state index in [4.69, 9.17) is 0 Å². The maximum absolute atomic E-state index is 11.3. The third kappa shape index (κ3) is 3.53. The number of likely N-dealkylation sites (tertiary alicyclic amines) is 1. The molecule has 1 fully saturated rings. The molecule has 0 aromatic carbocycles. The summed E-state index contributed by atoms with van der Waals surface area (Å²) in [6.45, 7) is 1.68. The van der Waals surface area contributed by atoms with Gasteiger partial charge in [-0.15, -0.1) is 0 Å². The molecule has 1 unspecified atom stereocenters. The highest BCUT2D eigenvalue weighted by molar-refractivity contribution is 5.73. The van der Waals surface area contributed by atoms with Crippen molar-refractivity contribution in [3.05, 3.63) is 30.1 Å². The van der Waals surface area contributed by atoms with E-state index in [1.54, 1.807) is 6.20 Å². The Labute approximate surface area is 108 Å². The van der Waals surface area contributed by atoms with E-state index in [2.05, 4.69) is 9.88 Å². The molecule has 1 aliphatic rings. The molecule has 4 nitrogen and oxygen atoms in total. The Morgan fingerprint density at radius 1 is 1.39 bits per heavy atom. The van der Waals surface area contributed by atoms with Gasteiger partial charge in [-0.2, -0.15) is 0 Å². The van der Waals surface area contributed by atoms with Crippen molar-refractivity contribution in [1.29, 1.82) is 0 Å². The lowest BCUT2D eigenvalue weighted by Crippen LogP contribution is -2.41. The van der Waals surface area contributed by atoms with E-state index in [9.17, 15) is 9.90 Å². The van der Waals surface area contributed by atoms with Gasteiger partial charge in [-0.25, -0.2) is 0 Å². The summed E-state index contributed by atoms with van der Waals surface area (Å²) < 4.78 is 0. The zero-order valence-corrected chi connectivity index (χ0v) is 10.6. The van der Waals surface area contributed by atoms with Crippen molar-refractivity contribution >= 4 is 5.97 Å². The SMILES string of the molecule is O=C(O)C1CCCCCN1CCc1ccccn1. The molecule has 2 heterocycles. The van der Waals surface area contributed by atoms with Crippen molar-refractivity contribution < 1.29 is 9.90 Å². The Morgan fingerprint density at radius 3 is 3.00 bits per heavy atom. The molecule has 1 aromatic heterocycles. The van der Waals surface area contributed by atoms with Crippen LogP contribution in [-0.4, -0.2) is 40.1 Å². The summed E-state index contributed by atoms with van der Waals surface area (Å²) in [4.78, 5) is 17.7. The fourth-order valence-electron chi connectivity index (χ4n) is 2.52. The maximum atomic E-state index is 11.3. The summed E-state index contributed by atoms with van der Waals surface area (Å²) in [5, 5.41) is 9.27. The van der Waals surface area contributed by atoms with Crippen molar-refractivity contribution in [3.8, 4) is 0 Å². The minimum Gasteiger partial charge on any atom is -0.480 e. The Kier molecular flexibility index (Phi) is 4.70. The molecule has 0 saturated carbocycles. The van der Waals surface area contributed by atoms with Crippen LogP contribution in [0.1, 0.15) is 31.4 Å². The molecule has 1 atom stereocenters. The molecule has 0 amide bonds. The smallest absolute Gasteiger partial charge is 0.320 e. The number of carboxylic acid groups (broad SMARTS) is 1. The molecule has 1 aliphatic heterocycles. The van der Waals surface area contributed by atoms with Crippen LogP contribution in [0.15, 0.2) is 24.4 Å². The highest BCUT2D eigenvalue weighted by Crippen LogP contribution is 2.17. The minimum atomic E-state index is -0.682. The Hall–Kier alpha value is -1.42. The molecule has 1 saturated heterocycles. The average Bonchev–Trinajstić information content (AvgIpc) is 2.63. The molecule has 0 radical (unpaired) electrons. The van der Waals surface area contributed by atoms with Gasteiger partial charge >= 0.3 is 5.97 Å². The van der Waals surface area contributed by atoms with Gasteiger partial charge in [-0.1, -0.05) is 18.9 Å². The molecule has 0 bridgehead atoms. The highest BCUT2D eigenvalue weighted by atomic mass is 16.4. The topological polar surface area (TPSA) is 53.4 Å². The third-order valence-electron chi connectivity index (χ3n) is 3.53. The second-order valence-corrected chi connectivity index (χ2v) is 4.81. The van der Waals surface area contributed by atoms with Gasteiger partial charge in [0, 0.05) is 24.9 Å². The molecule has 1 N–H and O–H groups in total. The van der Waals surface area contributed by atoms with Gasteiger partial charge in [0.2, 0.25) is 0 Å². The van der Waals surface area contributed by atoms with Gasteiger partial charge < -0.3 is 5.11 Å². The fraction of sp³-hybridized carbons (Fsp3) is 0.571. The van der Waals surface area contributed by atoms with E-state index in [1.807, 2.05) is 18.2 Å². The summed E-state index contributed by atoms with van der Waals surface area (Å²) in [5.41, 5.74) is 1.03. The summed E-state index contributed by atoms with van der Waals surface area (Å²) in [6.07, 6.45) is 6.65. The molecular weight excluding hydrogens is 228 g/mol. The monoisotopic (exact) mass is 248 g/mol. The second kappa shape index (κ2) is 6.50. The van der Waals surface area contributed by atoms with Gasteiger partial charge in [0.15, 0.2) is 0 Å². The zero-order valence-electron chi connectivity index (χ0n) is 10.6. The minimum absolute atomic E-state index is 0.309. The Bertz CT molecular complexity index is 381. The van der Waals surface area contributed by atoms with E-state index >= 15 is 0 Å². The van der Waals surface area contributed by atoms with E-state index in [1.165, 1.54) is 0 Å². The van der Waals surface area contributed by atoms with Gasteiger partial charge in [-0.05, 0) is 31.5 Å². The number of hydrogen-bond donors (Lipinski definition) is 1. The summed E-state index contributed by atoms with van der Waals surface area (Å²) in [6, 6.07) is 5.55. The third-order valence-corrected chi connectivity index (χ3v) is 3.53. The quantitative estimate of drug-likeness (QED) is 0.885. The summed E-state index contributed by atoms with van der Waals surface area (Å²) >= 11 is 0. The van der Waals surface area contributed by atoms with Crippen LogP contribution in [0, 0.1) is 0 Å². The van der Waals surface area contributed by atoms with Crippen molar-refractivity contribution in [1.82, 2.24) is 9.88 Å². The van der Waals surface area contributed by atoms with Crippen molar-refractivity contribution in [2.45, 2.75) is 38.1 Å². The highest BCUT2D eigenvalue weighted by Gasteiger charge is 2.26. The van der Waals surface area contributed by atoms with Gasteiger partial charge in [0.25, 0.3) is 0 Å². The molecule has 2 rings (SSSR count). The van der Waals surface area contributed by atoms with Gasteiger partial charge in [0.05, 0.1) is 0 Å². The molecule has 18 heavy (non-hydrogen) atoms. The number of carboxylic acids is 1. The largest absolute Gasteiger partial charge is 0.480 e. The lowest BCUT2D eigenvalue weighted by molar-refractivity contribution is -0.143. The number of pyridine rings is 1. The lowest BCUT2D eigenvalue weighted by atomic mass is 10.1. The number of rotatable bonds is 4. The Balaban J connectivity index is 1.94. The fourth-order valence-corrected chi connectivity index (χ4v) is 2.52. The molecule has 4 heteroatoms. The van der Waals surface area contributed by atoms with Crippen LogP contribution in [0.4, 0.5) is 0 Å². The average molecular weight is 248 g/mol. The van der Waals surface area contributed by atoms with Gasteiger partial charge in [-0.3, -0.25) is 14.7 Å². The van der Waals surface area contributed by atoms with E-state index < -0.39 is 5.97 Å². The molecule has 0 spiro atoms. The molecule has 1 aromatic rings. The predicted molar refractivity (Wildman–Crippen MR) is 69.4 cm³/mol. The van der Waals surface area contributed by atoms with Crippen molar-refractivity contribution in [3.63, 3.8) is 0 Å². The number of aromatic nitrogens is 1. The first-order valence-electron chi connectivity index (χ1n) is 6.64. The number of nitrogens with zero attached hydrogens (tertiary/aromatic N) is 2. The van der Waals surface area contributed by atoms with Crippen molar-refractivity contribution in [2.75, 3.05) is 13.1 Å². The van der Waals surface area contributed by atoms with Gasteiger partial charge in [0.1, 0.15) is 6.04 Å². The second-order valence-electron chi connectivity index (χ2n) is 4.81. The normalized spacial score (nSPS) is 21.4. The zero-order chi connectivity index (χ0) is 12.8. The number of aliphatic carboxylic acids is 1. The first kappa shape index (κ1) is 13.0. The summed E-state index contributed by atoms with van der Waals surface area (Å²) in [7, 11) is 0. The first-order valence-corrected chi connectivity index (χ1v) is 6.64. The molecule has 0 aliphatic carbocycles. The number of hydrogen-bond acceptors (Lipinski definition) is 3. The predicted octanol–water partition coefficient (Wildman–Crippen LogP) is 1.95. The van der Waals surface area contributed by atoms with Crippen LogP contribution in [-0.2, 0) is 11.2 Å². The maximum Gasteiger partial charge on any atom is 0.320 e. The van der Waals surface area contributed by atoms with Crippen LogP contribution >= 0.6 is 0 Å². The Morgan fingerprint density at radius 2 is 2.28 bits per heavy atom. The van der Waals surface area contributed by atoms with Crippen LogP contribution in [0.3, 0.4) is 0 Å². The first-order chi connectivity index (χ1) is 8.77. The van der Waals surface area contributed by atoms with Crippen LogP contribution in [0.25, 0.3) is 0 Å². The lowest BCUT2D eigenvalue weighted by Gasteiger charge is -2.26. The molecule has 98 valence electrons. The summed E-state index contributed by atoms with van der Waals surface area (Å²) in [5.74, 6) is -0.682. The van der Waals surface area contributed by atoms with Crippen LogP contribution in [0.2, 0.25) is 0 Å². The van der Waals surface area contributed by atoms with E-state index in [-0.39, 0.29) is 6.04 Å². The van der Waals surface area contributed by atoms with E-state index in [0.29, 0.717) is 0 Å². The van der Waals surface area contributed by atoms with Crippen molar-refractivity contribution in [2.24, 2.45) is 0 Å². The standard InChI is InChI=1S/C14H20N2O2/c17-14(18)13-7-2-1-5-10-16(13)11-8-12-6-3-4-9-15-12/h3-4,6,9,13H,1-2,5,7-8,10-11H2,(H,17,18). The number of carbonyl (C=O) groups is 1. The van der Waals surface area contributed by atoms with Crippen LogP contribution < -0.4 is 0 Å². The van der Waals surface area contributed by atoms with Crippen LogP contribution in [0.5, 0.6) is 0 Å². The molecular formula is C14H20N2O2.